The third-order valence-electron chi connectivity index (χ3n) is 2.76. The molecule has 0 aromatic heterocycles. The van der Waals surface area contributed by atoms with Gasteiger partial charge in [-0.1, -0.05) is 11.6 Å². The summed E-state index contributed by atoms with van der Waals surface area (Å²) in [6.45, 7) is 3.89. The molecule has 122 valence electrons. The van der Waals surface area contributed by atoms with E-state index < -0.39 is 10.0 Å². The van der Waals surface area contributed by atoms with Gasteiger partial charge in [0.25, 0.3) is 10.0 Å². The molecule has 2 aromatic rings. The summed E-state index contributed by atoms with van der Waals surface area (Å²) >= 11 is 5.74. The summed E-state index contributed by atoms with van der Waals surface area (Å²) in [7, 11) is -3.70. The maximum Gasteiger partial charge on any atom is 0.276 e. The van der Waals surface area contributed by atoms with Gasteiger partial charge in [-0.3, -0.25) is 0 Å². The zero-order valence-electron chi connectivity index (χ0n) is 12.7. The lowest BCUT2D eigenvalue weighted by atomic mass is 10.2. The lowest BCUT2D eigenvalue weighted by molar-refractivity contribution is 0.242. The molecule has 0 radical (unpaired) electrons. The molecule has 0 unspecified atom stereocenters. The topological polar surface area (TPSA) is 67.8 Å². The van der Waals surface area contributed by atoms with Crippen molar-refractivity contribution < 1.29 is 13.2 Å². The molecule has 0 bridgehead atoms. The fourth-order valence-electron chi connectivity index (χ4n) is 1.74. The number of nitrogens with one attached hydrogen (secondary N) is 1. The van der Waals surface area contributed by atoms with Gasteiger partial charge in [0.2, 0.25) is 0 Å². The molecule has 0 fully saturated rings. The van der Waals surface area contributed by atoms with Crippen LogP contribution in [0.3, 0.4) is 0 Å². The van der Waals surface area contributed by atoms with Crippen LogP contribution < -0.4 is 9.57 Å². The minimum atomic E-state index is -3.70. The van der Waals surface area contributed by atoms with Gasteiger partial charge < -0.3 is 4.74 Å². The molecule has 1 N–H and O–H groups in total. The molecule has 0 heterocycles. The maximum absolute atomic E-state index is 12.0. The van der Waals surface area contributed by atoms with Crippen molar-refractivity contribution in [2.45, 2.75) is 24.8 Å². The van der Waals surface area contributed by atoms with E-state index in [0.717, 1.165) is 11.3 Å². The number of benzene rings is 2. The minimum Gasteiger partial charge on any atom is -0.491 e. The molecule has 0 spiro atoms. The van der Waals surface area contributed by atoms with Crippen LogP contribution in [0.5, 0.6) is 5.75 Å². The number of nitrogens with zero attached hydrogens (tertiary/aromatic N) is 1. The van der Waals surface area contributed by atoms with Gasteiger partial charge in [0, 0.05) is 5.02 Å². The van der Waals surface area contributed by atoms with Crippen molar-refractivity contribution in [1.82, 2.24) is 4.83 Å². The Morgan fingerprint density at radius 2 is 1.70 bits per heavy atom. The van der Waals surface area contributed by atoms with Crippen LogP contribution in [-0.2, 0) is 10.0 Å². The van der Waals surface area contributed by atoms with E-state index >= 15 is 0 Å². The number of hydrogen-bond donors (Lipinski definition) is 1. The van der Waals surface area contributed by atoms with Crippen molar-refractivity contribution >= 4 is 27.8 Å². The maximum atomic E-state index is 12.0. The zero-order chi connectivity index (χ0) is 16.9. The quantitative estimate of drug-likeness (QED) is 0.639. The van der Waals surface area contributed by atoms with E-state index in [0.29, 0.717) is 5.02 Å². The molecular formula is C16H17ClN2O3S. The van der Waals surface area contributed by atoms with Crippen molar-refractivity contribution in [3.63, 3.8) is 0 Å². The number of hydrazone groups is 1. The standard InChI is InChI=1S/C16H17ClN2O3S/c1-12(2)22-15-7-3-13(4-8-15)11-18-19-23(20,21)16-9-5-14(17)6-10-16/h3-12,19H,1-2H3/b18-11+. The molecular weight excluding hydrogens is 336 g/mol. The Balaban J connectivity index is 2.01. The molecule has 0 aliphatic carbocycles. The van der Waals surface area contributed by atoms with Crippen molar-refractivity contribution in [2.75, 3.05) is 0 Å². The van der Waals surface area contributed by atoms with Crippen LogP contribution >= 0.6 is 11.6 Å². The normalized spacial score (nSPS) is 11.8. The van der Waals surface area contributed by atoms with Gasteiger partial charge in [0.1, 0.15) is 5.75 Å². The van der Waals surface area contributed by atoms with Crippen LogP contribution in [0.1, 0.15) is 19.4 Å². The highest BCUT2D eigenvalue weighted by Gasteiger charge is 2.11. The van der Waals surface area contributed by atoms with Crippen LogP contribution in [0.2, 0.25) is 5.02 Å². The number of hydrogen-bond acceptors (Lipinski definition) is 4. The fraction of sp³-hybridized carbons (Fsp3) is 0.188. The molecule has 7 heteroatoms. The summed E-state index contributed by atoms with van der Waals surface area (Å²) in [5, 5.41) is 4.23. The first kappa shape index (κ1) is 17.3. The Morgan fingerprint density at radius 1 is 1.09 bits per heavy atom. The Kier molecular flexibility index (Phi) is 5.63. The van der Waals surface area contributed by atoms with E-state index in [1.165, 1.54) is 30.5 Å². The molecule has 0 aliphatic rings. The molecule has 0 saturated heterocycles. The molecule has 0 aliphatic heterocycles. The predicted molar refractivity (Wildman–Crippen MR) is 91.6 cm³/mol. The van der Waals surface area contributed by atoms with Crippen LogP contribution in [0.4, 0.5) is 0 Å². The summed E-state index contributed by atoms with van der Waals surface area (Å²) in [4.78, 5) is 2.25. The summed E-state index contributed by atoms with van der Waals surface area (Å²) in [6, 6.07) is 13.0. The largest absolute Gasteiger partial charge is 0.491 e. The number of halogens is 1. The van der Waals surface area contributed by atoms with Crippen molar-refractivity contribution in [2.24, 2.45) is 5.10 Å². The minimum absolute atomic E-state index is 0.0970. The van der Waals surface area contributed by atoms with Crippen LogP contribution in [0.25, 0.3) is 0 Å². The highest BCUT2D eigenvalue weighted by atomic mass is 35.5. The second-order valence-electron chi connectivity index (χ2n) is 5.04. The number of ether oxygens (including phenoxy) is 1. The molecule has 0 atom stereocenters. The first-order chi connectivity index (χ1) is 10.9. The zero-order valence-corrected chi connectivity index (χ0v) is 14.3. The van der Waals surface area contributed by atoms with Gasteiger partial charge in [-0.25, -0.2) is 4.83 Å². The molecule has 2 aromatic carbocycles. The molecule has 0 amide bonds. The predicted octanol–water partition coefficient (Wildman–Crippen LogP) is 3.44. The van der Waals surface area contributed by atoms with E-state index in [-0.39, 0.29) is 11.0 Å². The van der Waals surface area contributed by atoms with Crippen LogP contribution in [-0.4, -0.2) is 20.7 Å². The lowest BCUT2D eigenvalue weighted by Crippen LogP contribution is -2.18. The van der Waals surface area contributed by atoms with Crippen LogP contribution in [0, 0.1) is 0 Å². The first-order valence-corrected chi connectivity index (χ1v) is 8.80. The first-order valence-electron chi connectivity index (χ1n) is 6.94. The van der Waals surface area contributed by atoms with Gasteiger partial charge in [-0.2, -0.15) is 13.5 Å². The van der Waals surface area contributed by atoms with Crippen molar-refractivity contribution in [3.05, 3.63) is 59.1 Å². The van der Waals surface area contributed by atoms with Crippen molar-refractivity contribution in [1.29, 1.82) is 0 Å². The van der Waals surface area contributed by atoms with E-state index in [2.05, 4.69) is 9.93 Å². The van der Waals surface area contributed by atoms with Gasteiger partial charge >= 0.3 is 0 Å². The van der Waals surface area contributed by atoms with Crippen LogP contribution in [0.15, 0.2) is 58.5 Å². The average molecular weight is 353 g/mol. The molecule has 5 nitrogen and oxygen atoms in total. The summed E-state index contributed by atoms with van der Waals surface area (Å²) < 4.78 is 29.6. The molecule has 2 rings (SSSR count). The Labute approximate surface area is 141 Å². The highest BCUT2D eigenvalue weighted by molar-refractivity contribution is 7.89. The second kappa shape index (κ2) is 7.48. The SMILES string of the molecule is CC(C)Oc1ccc(/C=N/NS(=O)(=O)c2ccc(Cl)cc2)cc1. The third kappa shape index (κ3) is 5.26. The highest BCUT2D eigenvalue weighted by Crippen LogP contribution is 2.14. The van der Waals surface area contributed by atoms with E-state index in [1.54, 1.807) is 24.3 Å². The van der Waals surface area contributed by atoms with Crippen molar-refractivity contribution in [3.8, 4) is 5.75 Å². The summed E-state index contributed by atoms with van der Waals surface area (Å²) in [5.74, 6) is 0.749. The Morgan fingerprint density at radius 3 is 2.26 bits per heavy atom. The van der Waals surface area contributed by atoms with Gasteiger partial charge in [0.15, 0.2) is 0 Å². The third-order valence-corrected chi connectivity index (χ3v) is 4.25. The average Bonchev–Trinajstić information content (AvgIpc) is 2.49. The van der Waals surface area contributed by atoms with E-state index in [1.807, 2.05) is 13.8 Å². The summed E-state index contributed by atoms with van der Waals surface area (Å²) in [6.07, 6.45) is 1.52. The number of sulfonamides is 1. The van der Waals surface area contributed by atoms with Gasteiger partial charge in [-0.05, 0) is 67.9 Å². The lowest BCUT2D eigenvalue weighted by Gasteiger charge is -2.09. The molecule has 23 heavy (non-hydrogen) atoms. The van der Waals surface area contributed by atoms with E-state index in [4.69, 9.17) is 16.3 Å². The fourth-order valence-corrected chi connectivity index (χ4v) is 2.66. The molecule has 0 saturated carbocycles. The second-order valence-corrected chi connectivity index (χ2v) is 7.14. The monoisotopic (exact) mass is 352 g/mol. The van der Waals surface area contributed by atoms with Gasteiger partial charge in [0.05, 0.1) is 17.2 Å². The number of rotatable bonds is 6. The Hall–Kier alpha value is -2.05. The summed E-state index contributed by atoms with van der Waals surface area (Å²) in [5.41, 5.74) is 0.750. The smallest absolute Gasteiger partial charge is 0.276 e. The van der Waals surface area contributed by atoms with E-state index in [9.17, 15) is 8.42 Å². The Bertz CT molecular complexity index is 770. The van der Waals surface area contributed by atoms with Gasteiger partial charge in [-0.15, -0.1) is 0 Å².